The average Bonchev–Trinajstić information content (AvgIpc) is 2.39. The average molecular weight is 266 g/mol. The van der Waals surface area contributed by atoms with Crippen molar-refractivity contribution in [2.45, 2.75) is 26.2 Å². The predicted octanol–water partition coefficient (Wildman–Crippen LogP) is 2.50. The largest absolute Gasteiger partial charge is 0.494 e. The molecule has 0 aliphatic carbocycles. The number of esters is 1. The highest BCUT2D eigenvalue weighted by molar-refractivity contribution is 5.87. The second kappa shape index (κ2) is 8.13. The van der Waals surface area contributed by atoms with Crippen molar-refractivity contribution in [2.75, 3.05) is 13.2 Å². The Morgan fingerprint density at radius 3 is 2.42 bits per heavy atom. The summed E-state index contributed by atoms with van der Waals surface area (Å²) >= 11 is 0. The Morgan fingerprint density at radius 1 is 1.16 bits per heavy atom. The molecule has 0 atom stereocenters. The Balaban J connectivity index is 2.19. The maximum absolute atomic E-state index is 11.1. The highest BCUT2D eigenvalue weighted by Crippen LogP contribution is 2.12. The van der Waals surface area contributed by atoms with Gasteiger partial charge in [-0.25, -0.2) is 4.79 Å². The van der Waals surface area contributed by atoms with E-state index in [2.05, 4.69) is 0 Å². The van der Waals surface area contributed by atoms with E-state index in [-0.39, 0.29) is 11.5 Å². The van der Waals surface area contributed by atoms with Gasteiger partial charge in [0.05, 0.1) is 18.8 Å². The van der Waals surface area contributed by atoms with Crippen LogP contribution in [0.1, 0.15) is 36.5 Å². The minimum absolute atomic E-state index is 0.187. The molecule has 0 heterocycles. The lowest BCUT2D eigenvalue weighted by atomic mass is 10.2. The van der Waals surface area contributed by atoms with Gasteiger partial charge >= 0.3 is 11.9 Å². The van der Waals surface area contributed by atoms with Crippen molar-refractivity contribution in [3.8, 4) is 5.75 Å². The number of rotatable bonds is 8. The van der Waals surface area contributed by atoms with Gasteiger partial charge in [0.1, 0.15) is 5.75 Å². The van der Waals surface area contributed by atoms with Crippen LogP contribution in [0.15, 0.2) is 24.3 Å². The molecule has 104 valence electrons. The van der Waals surface area contributed by atoms with Crippen LogP contribution in [-0.4, -0.2) is 30.3 Å². The number of carboxylic acid groups (broad SMARTS) is 1. The lowest BCUT2D eigenvalue weighted by Crippen LogP contribution is -2.05. The SMILES string of the molecule is CCOC(=O)CCCCOc1ccc(C(=O)O)cc1. The van der Waals surface area contributed by atoms with Crippen LogP contribution in [-0.2, 0) is 9.53 Å². The van der Waals surface area contributed by atoms with E-state index in [1.807, 2.05) is 0 Å². The number of carbonyl (C=O) groups is 2. The summed E-state index contributed by atoms with van der Waals surface area (Å²) in [7, 11) is 0. The fraction of sp³-hybridized carbons (Fsp3) is 0.429. The normalized spacial score (nSPS) is 9.95. The van der Waals surface area contributed by atoms with Gasteiger partial charge in [-0.3, -0.25) is 4.79 Å². The smallest absolute Gasteiger partial charge is 0.335 e. The first-order valence-corrected chi connectivity index (χ1v) is 6.25. The van der Waals surface area contributed by atoms with Crippen LogP contribution in [0.2, 0.25) is 0 Å². The Labute approximate surface area is 112 Å². The van der Waals surface area contributed by atoms with Crippen LogP contribution in [0.5, 0.6) is 5.75 Å². The lowest BCUT2D eigenvalue weighted by molar-refractivity contribution is -0.143. The summed E-state index contributed by atoms with van der Waals surface area (Å²) in [5.41, 5.74) is 0.231. The zero-order valence-electron chi connectivity index (χ0n) is 10.9. The van der Waals surface area contributed by atoms with Crippen molar-refractivity contribution in [3.63, 3.8) is 0 Å². The molecule has 0 unspecified atom stereocenters. The summed E-state index contributed by atoms with van der Waals surface area (Å²) in [5.74, 6) is -0.518. The van der Waals surface area contributed by atoms with Gasteiger partial charge in [-0.2, -0.15) is 0 Å². The Kier molecular flexibility index (Phi) is 6.43. The summed E-state index contributed by atoms with van der Waals surface area (Å²) in [6.07, 6.45) is 1.86. The fourth-order valence-corrected chi connectivity index (χ4v) is 1.49. The van der Waals surface area contributed by atoms with E-state index in [0.717, 1.165) is 6.42 Å². The molecule has 0 bridgehead atoms. The molecule has 19 heavy (non-hydrogen) atoms. The molecule has 0 saturated heterocycles. The van der Waals surface area contributed by atoms with Crippen LogP contribution in [0.3, 0.4) is 0 Å². The number of ether oxygens (including phenoxy) is 2. The molecular formula is C14H18O5. The number of hydrogen-bond donors (Lipinski definition) is 1. The lowest BCUT2D eigenvalue weighted by Gasteiger charge is -2.06. The van der Waals surface area contributed by atoms with Crippen LogP contribution >= 0.6 is 0 Å². The third-order valence-electron chi connectivity index (χ3n) is 2.45. The van der Waals surface area contributed by atoms with Gasteiger partial charge in [-0.1, -0.05) is 0 Å². The summed E-state index contributed by atoms with van der Waals surface area (Å²) in [6.45, 7) is 2.68. The molecule has 5 heteroatoms. The molecule has 0 aliphatic rings. The highest BCUT2D eigenvalue weighted by Gasteiger charge is 2.03. The first kappa shape index (κ1) is 15.0. The Morgan fingerprint density at radius 2 is 1.84 bits per heavy atom. The molecule has 0 radical (unpaired) electrons. The third kappa shape index (κ3) is 5.90. The van der Waals surface area contributed by atoms with E-state index in [1.54, 1.807) is 19.1 Å². The van der Waals surface area contributed by atoms with Crippen molar-refractivity contribution in [1.29, 1.82) is 0 Å². The Hall–Kier alpha value is -2.04. The molecular weight excluding hydrogens is 248 g/mol. The summed E-state index contributed by atoms with van der Waals surface area (Å²) in [6, 6.07) is 6.23. The van der Waals surface area contributed by atoms with Crippen LogP contribution in [0.25, 0.3) is 0 Å². The second-order valence-electron chi connectivity index (χ2n) is 3.94. The van der Waals surface area contributed by atoms with Gasteiger partial charge in [0.15, 0.2) is 0 Å². The van der Waals surface area contributed by atoms with Gasteiger partial charge < -0.3 is 14.6 Å². The molecule has 0 saturated carbocycles. The monoisotopic (exact) mass is 266 g/mol. The number of hydrogen-bond acceptors (Lipinski definition) is 4. The van der Waals surface area contributed by atoms with Crippen LogP contribution < -0.4 is 4.74 Å². The highest BCUT2D eigenvalue weighted by atomic mass is 16.5. The predicted molar refractivity (Wildman–Crippen MR) is 69.4 cm³/mol. The number of benzene rings is 1. The van der Waals surface area contributed by atoms with Crippen molar-refractivity contribution < 1.29 is 24.2 Å². The molecule has 0 aliphatic heterocycles. The molecule has 0 fully saturated rings. The molecule has 1 N–H and O–H groups in total. The number of carbonyl (C=O) groups excluding carboxylic acids is 1. The van der Waals surface area contributed by atoms with Crippen molar-refractivity contribution in [3.05, 3.63) is 29.8 Å². The van der Waals surface area contributed by atoms with Gasteiger partial charge in [-0.15, -0.1) is 0 Å². The number of unbranched alkanes of at least 4 members (excludes halogenated alkanes) is 1. The summed E-state index contributed by atoms with van der Waals surface area (Å²) in [4.78, 5) is 21.7. The molecule has 0 aromatic heterocycles. The maximum atomic E-state index is 11.1. The minimum atomic E-state index is -0.957. The molecule has 1 rings (SSSR count). The van der Waals surface area contributed by atoms with Crippen molar-refractivity contribution in [2.24, 2.45) is 0 Å². The van der Waals surface area contributed by atoms with Gasteiger partial charge in [0.2, 0.25) is 0 Å². The van der Waals surface area contributed by atoms with Crippen molar-refractivity contribution in [1.82, 2.24) is 0 Å². The minimum Gasteiger partial charge on any atom is -0.494 e. The van der Waals surface area contributed by atoms with Crippen molar-refractivity contribution >= 4 is 11.9 Å². The molecule has 0 spiro atoms. The fourth-order valence-electron chi connectivity index (χ4n) is 1.49. The van der Waals surface area contributed by atoms with Crippen LogP contribution in [0, 0.1) is 0 Å². The zero-order chi connectivity index (χ0) is 14.1. The number of carboxylic acids is 1. The second-order valence-corrected chi connectivity index (χ2v) is 3.94. The van der Waals surface area contributed by atoms with Gasteiger partial charge in [0, 0.05) is 6.42 Å². The van der Waals surface area contributed by atoms with Gasteiger partial charge in [0.25, 0.3) is 0 Å². The molecule has 0 amide bonds. The first-order chi connectivity index (χ1) is 9.13. The quantitative estimate of drug-likeness (QED) is 0.578. The van der Waals surface area contributed by atoms with E-state index in [0.29, 0.717) is 31.8 Å². The third-order valence-corrected chi connectivity index (χ3v) is 2.45. The van der Waals surface area contributed by atoms with E-state index >= 15 is 0 Å². The zero-order valence-corrected chi connectivity index (χ0v) is 10.9. The standard InChI is InChI=1S/C14H18O5/c1-2-18-13(15)5-3-4-10-19-12-8-6-11(7-9-12)14(16)17/h6-9H,2-5,10H2,1H3,(H,16,17). The summed E-state index contributed by atoms with van der Waals surface area (Å²) in [5, 5.41) is 8.73. The van der Waals surface area contributed by atoms with Gasteiger partial charge in [-0.05, 0) is 44.0 Å². The first-order valence-electron chi connectivity index (χ1n) is 6.25. The summed E-state index contributed by atoms with van der Waals surface area (Å²) < 4.78 is 10.2. The molecule has 1 aromatic carbocycles. The topological polar surface area (TPSA) is 72.8 Å². The van der Waals surface area contributed by atoms with E-state index < -0.39 is 5.97 Å². The molecule has 1 aromatic rings. The maximum Gasteiger partial charge on any atom is 0.335 e. The molecule has 5 nitrogen and oxygen atoms in total. The van der Waals surface area contributed by atoms with Crippen LogP contribution in [0.4, 0.5) is 0 Å². The van der Waals surface area contributed by atoms with E-state index in [9.17, 15) is 9.59 Å². The van der Waals surface area contributed by atoms with E-state index in [4.69, 9.17) is 14.6 Å². The Bertz CT molecular complexity index is 410. The number of aromatic carboxylic acids is 1. The van der Waals surface area contributed by atoms with E-state index in [1.165, 1.54) is 12.1 Å².